The van der Waals surface area contributed by atoms with Crippen LogP contribution in [0.3, 0.4) is 0 Å². The van der Waals surface area contributed by atoms with Gasteiger partial charge in [-0.05, 0) is 47.0 Å². The highest BCUT2D eigenvalue weighted by Gasteiger charge is 2.22. The molecule has 25 heavy (non-hydrogen) atoms. The molecule has 0 radical (unpaired) electrons. The van der Waals surface area contributed by atoms with Crippen LogP contribution < -0.4 is 10.1 Å². The number of methoxy groups -OCH3 is 1. The van der Waals surface area contributed by atoms with Crippen molar-refractivity contribution < 1.29 is 14.3 Å². The Morgan fingerprint density at radius 1 is 1.24 bits per heavy atom. The average Bonchev–Trinajstić information content (AvgIpc) is 2.60. The first-order valence-corrected chi connectivity index (χ1v) is 9.42. The molecule has 0 spiro atoms. The number of likely N-dealkylation sites (N-methyl/N-ethyl adjacent to an activating group) is 1. The number of hydrogen-bond acceptors (Lipinski definition) is 4. The Labute approximate surface area is 157 Å². The van der Waals surface area contributed by atoms with E-state index in [2.05, 4.69) is 26.1 Å². The minimum absolute atomic E-state index is 0.0485. The van der Waals surface area contributed by atoms with Crippen molar-refractivity contribution in [3.8, 4) is 5.75 Å². The van der Waals surface area contributed by atoms with E-state index in [4.69, 9.17) is 4.74 Å². The van der Waals surface area contributed by atoms with Crippen molar-refractivity contribution in [3.63, 3.8) is 0 Å². The third-order valence-electron chi connectivity index (χ3n) is 4.31. The topological polar surface area (TPSA) is 61.9 Å². The lowest BCUT2D eigenvalue weighted by Gasteiger charge is -2.34. The van der Waals surface area contributed by atoms with E-state index < -0.39 is 0 Å². The molecule has 0 bridgehead atoms. The summed E-state index contributed by atoms with van der Waals surface area (Å²) in [5.74, 6) is 1.01. The highest BCUT2D eigenvalue weighted by atomic mass is 79.9. The fourth-order valence-corrected chi connectivity index (χ4v) is 3.47. The van der Waals surface area contributed by atoms with Crippen LogP contribution in [0, 0.1) is 0 Å². The van der Waals surface area contributed by atoms with Crippen LogP contribution in [-0.4, -0.2) is 68.0 Å². The van der Waals surface area contributed by atoms with Gasteiger partial charge >= 0.3 is 0 Å². The zero-order valence-electron chi connectivity index (χ0n) is 14.9. The van der Waals surface area contributed by atoms with Crippen molar-refractivity contribution in [3.05, 3.63) is 28.2 Å². The Morgan fingerprint density at radius 3 is 2.56 bits per heavy atom. The van der Waals surface area contributed by atoms with E-state index in [1.54, 1.807) is 7.11 Å². The molecule has 1 aromatic carbocycles. The number of rotatable bonds is 7. The normalized spacial score (nSPS) is 15.1. The maximum atomic E-state index is 12.4. The van der Waals surface area contributed by atoms with Crippen molar-refractivity contribution in [1.29, 1.82) is 0 Å². The van der Waals surface area contributed by atoms with Gasteiger partial charge in [0.25, 0.3) is 0 Å². The molecule has 1 N–H and O–H groups in total. The van der Waals surface area contributed by atoms with Crippen molar-refractivity contribution >= 4 is 27.7 Å². The lowest BCUT2D eigenvalue weighted by atomic mass is 10.1. The molecule has 0 atom stereocenters. The summed E-state index contributed by atoms with van der Waals surface area (Å²) in [4.78, 5) is 28.0. The van der Waals surface area contributed by atoms with Crippen LogP contribution in [0.2, 0.25) is 0 Å². The summed E-state index contributed by atoms with van der Waals surface area (Å²) >= 11 is 3.47. The summed E-state index contributed by atoms with van der Waals surface area (Å²) in [6.07, 6.45) is 1.20. The van der Waals surface area contributed by atoms with E-state index >= 15 is 0 Å². The van der Waals surface area contributed by atoms with E-state index in [0.29, 0.717) is 39.0 Å². The number of hydrogen-bond donors (Lipinski definition) is 1. The van der Waals surface area contributed by atoms with Gasteiger partial charge in [0.15, 0.2) is 0 Å². The van der Waals surface area contributed by atoms with Gasteiger partial charge in [0.1, 0.15) is 5.75 Å². The van der Waals surface area contributed by atoms with Gasteiger partial charge < -0.3 is 15.0 Å². The van der Waals surface area contributed by atoms with Gasteiger partial charge in [-0.2, -0.15) is 0 Å². The molecule has 0 unspecified atom stereocenters. The van der Waals surface area contributed by atoms with E-state index in [9.17, 15) is 9.59 Å². The van der Waals surface area contributed by atoms with E-state index in [0.717, 1.165) is 28.9 Å². The first kappa shape index (κ1) is 19.7. The number of ether oxygens (including phenoxy) is 1. The van der Waals surface area contributed by atoms with Gasteiger partial charge in [-0.3, -0.25) is 14.5 Å². The van der Waals surface area contributed by atoms with Crippen LogP contribution in [0.4, 0.5) is 0 Å². The molecule has 1 aromatic rings. The molecule has 2 amide bonds. The fourth-order valence-electron chi connectivity index (χ4n) is 2.89. The largest absolute Gasteiger partial charge is 0.496 e. The molecule has 0 saturated carbocycles. The van der Waals surface area contributed by atoms with Crippen LogP contribution in [-0.2, 0) is 16.0 Å². The van der Waals surface area contributed by atoms with Crippen LogP contribution in [0.15, 0.2) is 22.7 Å². The standard InChI is InChI=1S/C18H26BrN3O3/c1-3-20-17(23)13-21-8-10-22(11-9-21)18(24)7-5-14-4-6-16(25-2)15(19)12-14/h4,6,12H,3,5,7-11,13H2,1-2H3,(H,20,23). The monoisotopic (exact) mass is 411 g/mol. The van der Waals surface area contributed by atoms with E-state index in [1.807, 2.05) is 30.0 Å². The van der Waals surface area contributed by atoms with Crippen LogP contribution in [0.5, 0.6) is 5.75 Å². The number of nitrogens with one attached hydrogen (secondary N) is 1. The van der Waals surface area contributed by atoms with Crippen molar-refractivity contribution in [2.45, 2.75) is 19.8 Å². The zero-order chi connectivity index (χ0) is 18.2. The summed E-state index contributed by atoms with van der Waals surface area (Å²) in [7, 11) is 1.63. The minimum Gasteiger partial charge on any atom is -0.496 e. The Kier molecular flexibility index (Phi) is 7.71. The second-order valence-electron chi connectivity index (χ2n) is 6.08. The molecule has 1 aliphatic heterocycles. The number of carbonyl (C=O) groups is 2. The molecule has 1 fully saturated rings. The highest BCUT2D eigenvalue weighted by molar-refractivity contribution is 9.10. The second kappa shape index (κ2) is 9.77. The summed E-state index contributed by atoms with van der Waals surface area (Å²) in [5, 5.41) is 2.80. The summed E-state index contributed by atoms with van der Waals surface area (Å²) < 4.78 is 6.12. The Morgan fingerprint density at radius 2 is 1.96 bits per heavy atom. The molecule has 0 aromatic heterocycles. The molecule has 7 heteroatoms. The van der Waals surface area contributed by atoms with Gasteiger partial charge in [-0.1, -0.05) is 6.07 Å². The maximum absolute atomic E-state index is 12.4. The summed E-state index contributed by atoms with van der Waals surface area (Å²) in [6, 6.07) is 5.89. The van der Waals surface area contributed by atoms with Gasteiger partial charge in [0.05, 0.1) is 18.1 Å². The van der Waals surface area contributed by atoms with Gasteiger partial charge in [-0.15, -0.1) is 0 Å². The number of piperazine rings is 1. The highest BCUT2D eigenvalue weighted by Crippen LogP contribution is 2.26. The first-order chi connectivity index (χ1) is 12.0. The molecule has 138 valence electrons. The predicted octanol–water partition coefficient (Wildman–Crippen LogP) is 1.67. The molecular weight excluding hydrogens is 386 g/mol. The third kappa shape index (κ3) is 6.01. The fraction of sp³-hybridized carbons (Fsp3) is 0.556. The van der Waals surface area contributed by atoms with E-state index in [1.165, 1.54) is 0 Å². The lowest BCUT2D eigenvalue weighted by molar-refractivity contribution is -0.133. The zero-order valence-corrected chi connectivity index (χ0v) is 16.5. The predicted molar refractivity (Wildman–Crippen MR) is 101 cm³/mol. The van der Waals surface area contributed by atoms with Crippen molar-refractivity contribution in [2.24, 2.45) is 0 Å². The maximum Gasteiger partial charge on any atom is 0.234 e. The van der Waals surface area contributed by atoms with Gasteiger partial charge in [0, 0.05) is 39.1 Å². The molecule has 0 aliphatic carbocycles. The quantitative estimate of drug-likeness (QED) is 0.740. The minimum atomic E-state index is 0.0485. The smallest absolute Gasteiger partial charge is 0.234 e. The van der Waals surface area contributed by atoms with E-state index in [-0.39, 0.29) is 11.8 Å². The molecule has 6 nitrogen and oxygen atoms in total. The molecular formula is C18H26BrN3O3. The summed E-state index contributed by atoms with van der Waals surface area (Å²) in [6.45, 7) is 5.84. The third-order valence-corrected chi connectivity index (χ3v) is 4.93. The van der Waals surface area contributed by atoms with Crippen LogP contribution in [0.1, 0.15) is 18.9 Å². The molecule has 1 aliphatic rings. The SMILES string of the molecule is CCNC(=O)CN1CCN(C(=O)CCc2ccc(OC)c(Br)c2)CC1. The van der Waals surface area contributed by atoms with Crippen LogP contribution in [0.25, 0.3) is 0 Å². The van der Waals surface area contributed by atoms with Crippen LogP contribution >= 0.6 is 15.9 Å². The van der Waals surface area contributed by atoms with Crippen molar-refractivity contribution in [1.82, 2.24) is 15.1 Å². The number of halogens is 1. The summed E-state index contributed by atoms with van der Waals surface area (Å²) in [5.41, 5.74) is 1.11. The molecule has 1 heterocycles. The number of carbonyl (C=O) groups excluding carboxylic acids is 2. The Hall–Kier alpha value is -1.60. The van der Waals surface area contributed by atoms with Crippen molar-refractivity contribution in [2.75, 3.05) is 46.4 Å². The lowest BCUT2D eigenvalue weighted by Crippen LogP contribution is -2.51. The number of nitrogens with zero attached hydrogens (tertiary/aromatic N) is 2. The molecule has 1 saturated heterocycles. The second-order valence-corrected chi connectivity index (χ2v) is 6.93. The van der Waals surface area contributed by atoms with Gasteiger partial charge in [0.2, 0.25) is 11.8 Å². The number of amides is 2. The Balaban J connectivity index is 1.75. The van der Waals surface area contributed by atoms with Gasteiger partial charge in [-0.25, -0.2) is 0 Å². The number of benzene rings is 1. The molecule has 2 rings (SSSR count). The Bertz CT molecular complexity index is 601. The first-order valence-electron chi connectivity index (χ1n) is 8.62. The average molecular weight is 412 g/mol. The number of aryl methyl sites for hydroxylation is 1.